The lowest BCUT2D eigenvalue weighted by molar-refractivity contribution is -0.122. The van der Waals surface area contributed by atoms with Crippen LogP contribution in [0.15, 0.2) is 47.0 Å². The van der Waals surface area contributed by atoms with Crippen LogP contribution in [0.5, 0.6) is 5.75 Å². The molecule has 3 aromatic heterocycles. The Morgan fingerprint density at radius 1 is 1.31 bits per heavy atom. The third-order valence-corrected chi connectivity index (χ3v) is 5.80. The molecule has 29 heavy (non-hydrogen) atoms. The topological polar surface area (TPSA) is 78.2 Å². The molecule has 1 N–H and O–H groups in total. The van der Waals surface area contributed by atoms with Crippen molar-refractivity contribution in [1.29, 1.82) is 0 Å². The van der Waals surface area contributed by atoms with Crippen molar-refractivity contribution in [2.24, 2.45) is 7.05 Å². The zero-order valence-electron chi connectivity index (χ0n) is 16.5. The maximum atomic E-state index is 12.5. The fraction of sp³-hybridized carbons (Fsp3) is 0.286. The van der Waals surface area contributed by atoms with Crippen LogP contribution < -0.4 is 15.6 Å². The number of amides is 1. The molecule has 0 unspecified atom stereocenters. The monoisotopic (exact) mass is 410 g/mol. The van der Waals surface area contributed by atoms with Crippen molar-refractivity contribution in [1.82, 2.24) is 19.4 Å². The van der Waals surface area contributed by atoms with Gasteiger partial charge in [-0.25, -0.2) is 4.98 Å². The van der Waals surface area contributed by atoms with Crippen LogP contribution in [0.2, 0.25) is 0 Å². The first-order valence-corrected chi connectivity index (χ1v) is 10.2. The summed E-state index contributed by atoms with van der Waals surface area (Å²) >= 11 is 1.41. The molecule has 3 heterocycles. The number of aromatic nitrogens is 3. The molecule has 0 aliphatic rings. The lowest BCUT2D eigenvalue weighted by atomic mass is 10.1. The number of aryl methyl sites for hydroxylation is 1. The predicted octanol–water partition coefficient (Wildman–Crippen LogP) is 2.71. The van der Waals surface area contributed by atoms with Crippen LogP contribution in [0.1, 0.15) is 12.5 Å². The Balaban J connectivity index is 1.47. The lowest BCUT2D eigenvalue weighted by Crippen LogP contribution is -2.38. The van der Waals surface area contributed by atoms with E-state index in [1.807, 2.05) is 37.6 Å². The van der Waals surface area contributed by atoms with E-state index < -0.39 is 0 Å². The smallest absolute Gasteiger partial charge is 0.262 e. The second kappa shape index (κ2) is 7.71. The van der Waals surface area contributed by atoms with E-state index in [0.29, 0.717) is 16.6 Å². The van der Waals surface area contributed by atoms with Gasteiger partial charge in [-0.15, -0.1) is 11.3 Å². The summed E-state index contributed by atoms with van der Waals surface area (Å²) in [5.41, 5.74) is 2.05. The van der Waals surface area contributed by atoms with Crippen molar-refractivity contribution in [3.05, 3.63) is 58.1 Å². The number of hydrogen-bond donors (Lipinski definition) is 1. The molecule has 8 heteroatoms. The molecule has 0 radical (unpaired) electrons. The highest BCUT2D eigenvalue weighted by Gasteiger charge is 2.15. The maximum Gasteiger partial charge on any atom is 0.262 e. The van der Waals surface area contributed by atoms with Gasteiger partial charge in [0.1, 0.15) is 17.1 Å². The van der Waals surface area contributed by atoms with Crippen LogP contribution >= 0.6 is 11.3 Å². The van der Waals surface area contributed by atoms with Crippen LogP contribution in [-0.4, -0.2) is 33.2 Å². The standard InChI is InChI=1S/C21H22N4O3S/c1-13(8-14-10-24(2)18-5-4-15(28-3)9-17(14)18)23-19(26)11-25-12-22-20-16(21(25)27)6-7-29-20/h4-7,9-10,12-13H,8,11H2,1-3H3,(H,23,26)/t13-/m1/s1. The number of ether oxygens (including phenoxy) is 1. The normalized spacial score (nSPS) is 12.4. The molecular formula is C21H22N4O3S. The van der Waals surface area contributed by atoms with Crippen LogP contribution in [0, 0.1) is 0 Å². The van der Waals surface area contributed by atoms with Crippen molar-refractivity contribution in [3.8, 4) is 5.75 Å². The van der Waals surface area contributed by atoms with E-state index in [2.05, 4.69) is 21.1 Å². The van der Waals surface area contributed by atoms with E-state index in [9.17, 15) is 9.59 Å². The third-order valence-electron chi connectivity index (χ3n) is 4.98. The number of nitrogens with zero attached hydrogens (tertiary/aromatic N) is 3. The van der Waals surface area contributed by atoms with E-state index in [-0.39, 0.29) is 24.1 Å². The number of rotatable bonds is 6. The predicted molar refractivity (Wildman–Crippen MR) is 115 cm³/mol. The van der Waals surface area contributed by atoms with Gasteiger partial charge in [0.25, 0.3) is 5.56 Å². The zero-order valence-corrected chi connectivity index (χ0v) is 17.3. The highest BCUT2D eigenvalue weighted by Crippen LogP contribution is 2.26. The van der Waals surface area contributed by atoms with Gasteiger partial charge in [0.2, 0.25) is 5.91 Å². The Labute approximate surface area is 171 Å². The number of fused-ring (bicyclic) bond motifs is 2. The second-order valence-electron chi connectivity index (χ2n) is 7.14. The zero-order chi connectivity index (χ0) is 20.5. The van der Waals surface area contributed by atoms with Crippen molar-refractivity contribution in [3.63, 3.8) is 0 Å². The minimum Gasteiger partial charge on any atom is -0.497 e. The Kier molecular flexibility index (Phi) is 5.10. The van der Waals surface area contributed by atoms with Gasteiger partial charge in [0.15, 0.2) is 0 Å². The summed E-state index contributed by atoms with van der Waals surface area (Å²) in [6, 6.07) is 7.63. The van der Waals surface area contributed by atoms with Gasteiger partial charge in [-0.2, -0.15) is 0 Å². The summed E-state index contributed by atoms with van der Waals surface area (Å²) < 4.78 is 8.76. The third kappa shape index (κ3) is 3.75. The largest absolute Gasteiger partial charge is 0.497 e. The van der Waals surface area contributed by atoms with Crippen LogP contribution in [0.4, 0.5) is 0 Å². The van der Waals surface area contributed by atoms with Crippen molar-refractivity contribution in [2.75, 3.05) is 7.11 Å². The van der Waals surface area contributed by atoms with Gasteiger partial charge in [0.05, 0.1) is 18.8 Å². The van der Waals surface area contributed by atoms with E-state index in [0.717, 1.165) is 22.2 Å². The fourth-order valence-electron chi connectivity index (χ4n) is 3.60. The van der Waals surface area contributed by atoms with Gasteiger partial charge in [-0.3, -0.25) is 14.2 Å². The maximum absolute atomic E-state index is 12.5. The minimum atomic E-state index is -0.214. The molecule has 150 valence electrons. The number of benzene rings is 1. The van der Waals surface area contributed by atoms with Crippen molar-refractivity contribution < 1.29 is 9.53 Å². The number of methoxy groups -OCH3 is 1. The first-order valence-electron chi connectivity index (χ1n) is 9.30. The van der Waals surface area contributed by atoms with E-state index in [1.165, 1.54) is 22.2 Å². The molecular weight excluding hydrogens is 388 g/mol. The molecule has 0 aliphatic heterocycles. The highest BCUT2D eigenvalue weighted by atomic mass is 32.1. The molecule has 4 aromatic rings. The summed E-state index contributed by atoms with van der Waals surface area (Å²) in [6.07, 6.45) is 4.18. The van der Waals surface area contributed by atoms with E-state index in [1.54, 1.807) is 13.2 Å². The van der Waals surface area contributed by atoms with Crippen LogP contribution in [-0.2, 0) is 24.8 Å². The van der Waals surface area contributed by atoms with E-state index >= 15 is 0 Å². The highest BCUT2D eigenvalue weighted by molar-refractivity contribution is 7.16. The first kappa shape index (κ1) is 19.2. The quantitative estimate of drug-likeness (QED) is 0.530. The van der Waals surface area contributed by atoms with Gasteiger partial charge in [-0.1, -0.05) is 0 Å². The molecule has 0 fully saturated rings. The molecule has 0 saturated carbocycles. The summed E-state index contributed by atoms with van der Waals surface area (Å²) in [5, 5.41) is 6.46. The lowest BCUT2D eigenvalue weighted by Gasteiger charge is -2.14. The number of nitrogens with one attached hydrogen (secondary N) is 1. The summed E-state index contributed by atoms with van der Waals surface area (Å²) in [4.78, 5) is 29.9. The fourth-order valence-corrected chi connectivity index (χ4v) is 4.33. The number of thiophene rings is 1. The molecule has 1 atom stereocenters. The Hall–Kier alpha value is -3.13. The van der Waals surface area contributed by atoms with E-state index in [4.69, 9.17) is 4.74 Å². The first-order chi connectivity index (χ1) is 14.0. The second-order valence-corrected chi connectivity index (χ2v) is 8.03. The summed E-state index contributed by atoms with van der Waals surface area (Å²) in [5.74, 6) is 0.589. The molecule has 7 nitrogen and oxygen atoms in total. The summed E-state index contributed by atoms with van der Waals surface area (Å²) in [7, 11) is 3.65. The van der Waals surface area contributed by atoms with Gasteiger partial charge in [-0.05, 0) is 48.6 Å². The van der Waals surface area contributed by atoms with Crippen molar-refractivity contribution in [2.45, 2.75) is 25.9 Å². The Morgan fingerprint density at radius 2 is 2.14 bits per heavy atom. The number of carbonyl (C=O) groups excluding carboxylic acids is 1. The minimum absolute atomic E-state index is 0.0503. The number of carbonyl (C=O) groups is 1. The van der Waals surface area contributed by atoms with Crippen LogP contribution in [0.3, 0.4) is 0 Å². The average molecular weight is 410 g/mol. The SMILES string of the molecule is COc1ccc2c(c1)c(C[C@@H](C)NC(=O)Cn1cnc3sccc3c1=O)cn2C. The van der Waals surface area contributed by atoms with Crippen LogP contribution in [0.25, 0.3) is 21.1 Å². The van der Waals surface area contributed by atoms with Crippen molar-refractivity contribution >= 4 is 38.4 Å². The molecule has 1 aromatic carbocycles. The summed E-state index contributed by atoms with van der Waals surface area (Å²) in [6.45, 7) is 1.91. The Bertz CT molecular complexity index is 1250. The molecule has 1 amide bonds. The average Bonchev–Trinajstić information content (AvgIpc) is 3.29. The molecule has 4 rings (SSSR count). The molecule has 0 aliphatic carbocycles. The number of hydrogen-bond acceptors (Lipinski definition) is 5. The Morgan fingerprint density at radius 3 is 2.93 bits per heavy atom. The van der Waals surface area contributed by atoms with Gasteiger partial charge in [0, 0.05) is 30.2 Å². The molecule has 0 spiro atoms. The molecule has 0 saturated heterocycles. The molecule has 0 bridgehead atoms. The van der Waals surface area contributed by atoms with Gasteiger partial charge >= 0.3 is 0 Å². The van der Waals surface area contributed by atoms with Gasteiger partial charge < -0.3 is 14.6 Å².